The average molecular weight is 345 g/mol. The van der Waals surface area contributed by atoms with Crippen molar-refractivity contribution in [3.63, 3.8) is 0 Å². The molecule has 4 nitrogen and oxygen atoms in total. The van der Waals surface area contributed by atoms with Crippen LogP contribution in [-0.4, -0.2) is 47.5 Å². The number of rotatable bonds is 1. The van der Waals surface area contributed by atoms with Crippen LogP contribution in [0.1, 0.15) is 28.9 Å². The minimum atomic E-state index is -2.83. The van der Waals surface area contributed by atoms with Crippen molar-refractivity contribution in [3.05, 3.63) is 35.5 Å². The first-order chi connectivity index (χ1) is 12.0. The fraction of sp³-hybridized carbons (Fsp3) is 0.526. The maximum absolute atomic E-state index is 14.7. The fourth-order valence-electron chi connectivity index (χ4n) is 4.95. The molecule has 3 aliphatic rings. The first-order valence-corrected chi connectivity index (χ1v) is 9.00. The summed E-state index contributed by atoms with van der Waals surface area (Å²) in [7, 11) is 0. The van der Waals surface area contributed by atoms with Crippen LogP contribution in [0.4, 0.5) is 8.78 Å². The van der Waals surface area contributed by atoms with Gasteiger partial charge in [-0.1, -0.05) is 18.2 Å². The average Bonchev–Trinajstić information content (AvgIpc) is 3.33. The van der Waals surface area contributed by atoms with Crippen LogP contribution in [0.2, 0.25) is 0 Å². The van der Waals surface area contributed by atoms with E-state index in [0.717, 1.165) is 36.0 Å². The van der Waals surface area contributed by atoms with E-state index in [-0.39, 0.29) is 12.5 Å². The zero-order valence-electron chi connectivity index (χ0n) is 14.0. The van der Waals surface area contributed by atoms with Crippen LogP contribution in [0.5, 0.6) is 0 Å². The second kappa shape index (κ2) is 5.04. The molecule has 2 saturated heterocycles. The molecule has 2 fully saturated rings. The first-order valence-electron chi connectivity index (χ1n) is 9.00. The van der Waals surface area contributed by atoms with Crippen LogP contribution in [0.25, 0.3) is 10.9 Å². The van der Waals surface area contributed by atoms with Gasteiger partial charge in [-0.05, 0) is 31.9 Å². The number of aryl methyl sites for hydroxylation is 1. The largest absolute Gasteiger partial charge is 0.344 e. The van der Waals surface area contributed by atoms with Crippen molar-refractivity contribution in [1.82, 2.24) is 14.8 Å². The second-order valence-corrected chi connectivity index (χ2v) is 7.67. The van der Waals surface area contributed by atoms with Gasteiger partial charge in [-0.3, -0.25) is 4.79 Å². The van der Waals surface area contributed by atoms with Gasteiger partial charge in [-0.15, -0.1) is 0 Å². The van der Waals surface area contributed by atoms with Gasteiger partial charge in [0.25, 0.3) is 11.8 Å². The van der Waals surface area contributed by atoms with Crippen LogP contribution < -0.4 is 5.32 Å². The summed E-state index contributed by atoms with van der Waals surface area (Å²) >= 11 is 0. The lowest BCUT2D eigenvalue weighted by Gasteiger charge is -2.27. The number of nitrogens with zero attached hydrogens (tertiary/aromatic N) is 2. The number of carbonyl (C=O) groups is 1. The summed E-state index contributed by atoms with van der Waals surface area (Å²) in [4.78, 5) is 14.7. The third-order valence-corrected chi connectivity index (χ3v) is 6.28. The molecule has 1 N–H and O–H groups in total. The van der Waals surface area contributed by atoms with E-state index in [0.29, 0.717) is 25.1 Å². The Morgan fingerprint density at radius 3 is 2.84 bits per heavy atom. The van der Waals surface area contributed by atoms with Gasteiger partial charge < -0.3 is 14.8 Å². The molecule has 1 aromatic heterocycles. The number of para-hydroxylation sites is 1. The van der Waals surface area contributed by atoms with Gasteiger partial charge in [-0.25, -0.2) is 8.78 Å². The normalized spacial score (nSPS) is 27.5. The van der Waals surface area contributed by atoms with Crippen LogP contribution in [0, 0.1) is 5.41 Å². The number of hydrogen-bond acceptors (Lipinski definition) is 2. The van der Waals surface area contributed by atoms with E-state index in [1.165, 1.54) is 4.90 Å². The van der Waals surface area contributed by atoms with Crippen LogP contribution in [-0.2, 0) is 13.0 Å². The van der Waals surface area contributed by atoms with Crippen molar-refractivity contribution in [2.45, 2.75) is 31.7 Å². The molecule has 3 aliphatic heterocycles. The molecule has 25 heavy (non-hydrogen) atoms. The Morgan fingerprint density at radius 1 is 1.20 bits per heavy atom. The molecule has 0 radical (unpaired) electrons. The number of nitrogens with one attached hydrogen (secondary N) is 1. The molecular weight excluding hydrogens is 324 g/mol. The summed E-state index contributed by atoms with van der Waals surface area (Å²) in [5.74, 6) is -3.06. The summed E-state index contributed by atoms with van der Waals surface area (Å²) in [6.45, 7) is 1.46. The maximum atomic E-state index is 14.7. The van der Waals surface area contributed by atoms with Gasteiger partial charge in [0.1, 0.15) is 0 Å². The highest BCUT2D eigenvalue weighted by Gasteiger charge is 2.62. The van der Waals surface area contributed by atoms with Crippen molar-refractivity contribution in [2.24, 2.45) is 5.41 Å². The van der Waals surface area contributed by atoms with Crippen LogP contribution in [0.3, 0.4) is 0 Å². The Morgan fingerprint density at radius 2 is 2.04 bits per heavy atom. The van der Waals surface area contributed by atoms with Gasteiger partial charge in [0.15, 0.2) is 0 Å². The van der Waals surface area contributed by atoms with Crippen molar-refractivity contribution < 1.29 is 13.6 Å². The van der Waals surface area contributed by atoms with E-state index in [1.54, 1.807) is 0 Å². The van der Waals surface area contributed by atoms with E-state index in [4.69, 9.17) is 0 Å². The standard InChI is InChI=1S/C19H21F2N3O/c20-19(21)12-23(11-18(19)7-8-22-10-18)17(25)16-13-4-1-2-5-14(13)24-9-3-6-15(16)24/h1-2,4-5,22H,3,6-12H2. The number of aromatic nitrogens is 1. The molecule has 1 spiro atoms. The van der Waals surface area contributed by atoms with Crippen molar-refractivity contribution in [3.8, 4) is 0 Å². The quantitative estimate of drug-likeness (QED) is 0.863. The molecule has 1 atom stereocenters. The van der Waals surface area contributed by atoms with E-state index in [2.05, 4.69) is 9.88 Å². The summed E-state index contributed by atoms with van der Waals surface area (Å²) in [5, 5.41) is 3.95. The number of carbonyl (C=O) groups excluding carboxylic acids is 1. The Labute approximate surface area is 144 Å². The van der Waals surface area contributed by atoms with Gasteiger partial charge in [-0.2, -0.15) is 0 Å². The van der Waals surface area contributed by atoms with Gasteiger partial charge in [0.2, 0.25) is 0 Å². The van der Waals surface area contributed by atoms with Crippen molar-refractivity contribution >= 4 is 16.8 Å². The molecule has 1 amide bonds. The highest BCUT2D eigenvalue weighted by molar-refractivity contribution is 6.08. The number of hydrogen-bond donors (Lipinski definition) is 1. The third kappa shape index (κ3) is 1.97. The van der Waals surface area contributed by atoms with E-state index >= 15 is 0 Å². The molecular formula is C19H21F2N3O. The molecule has 132 valence electrons. The predicted molar refractivity (Wildman–Crippen MR) is 91.0 cm³/mol. The molecule has 1 aromatic carbocycles. The van der Waals surface area contributed by atoms with Crippen LogP contribution >= 0.6 is 0 Å². The minimum Gasteiger partial charge on any atom is -0.344 e. The third-order valence-electron chi connectivity index (χ3n) is 6.28. The monoisotopic (exact) mass is 345 g/mol. The zero-order valence-corrected chi connectivity index (χ0v) is 14.0. The predicted octanol–water partition coefficient (Wildman–Crippen LogP) is 2.66. The summed E-state index contributed by atoms with van der Waals surface area (Å²) in [6, 6.07) is 7.83. The Kier molecular flexibility index (Phi) is 3.08. The summed E-state index contributed by atoms with van der Waals surface area (Å²) in [5.41, 5.74) is 1.61. The number of halogens is 2. The molecule has 2 aromatic rings. The Balaban J connectivity index is 1.57. The van der Waals surface area contributed by atoms with Gasteiger partial charge in [0, 0.05) is 36.2 Å². The van der Waals surface area contributed by atoms with Crippen molar-refractivity contribution in [1.29, 1.82) is 0 Å². The number of benzene rings is 1. The highest BCUT2D eigenvalue weighted by atomic mass is 19.3. The van der Waals surface area contributed by atoms with Gasteiger partial charge >= 0.3 is 0 Å². The lowest BCUT2D eigenvalue weighted by atomic mass is 9.83. The number of likely N-dealkylation sites (tertiary alicyclic amines) is 1. The van der Waals surface area contributed by atoms with Gasteiger partial charge in [0.05, 0.1) is 17.5 Å². The fourth-order valence-corrected chi connectivity index (χ4v) is 4.95. The Bertz CT molecular complexity index is 867. The molecule has 0 bridgehead atoms. The topological polar surface area (TPSA) is 37.3 Å². The lowest BCUT2D eigenvalue weighted by molar-refractivity contribution is -0.0743. The number of fused-ring (bicyclic) bond motifs is 3. The molecule has 6 heteroatoms. The van der Waals surface area contributed by atoms with Crippen LogP contribution in [0.15, 0.2) is 24.3 Å². The molecule has 0 saturated carbocycles. The van der Waals surface area contributed by atoms with E-state index in [1.807, 2.05) is 24.3 Å². The van der Waals surface area contributed by atoms with E-state index < -0.39 is 17.9 Å². The highest BCUT2D eigenvalue weighted by Crippen LogP contribution is 2.48. The Hall–Kier alpha value is -1.95. The smallest absolute Gasteiger partial charge is 0.273 e. The zero-order chi connectivity index (χ0) is 17.2. The SMILES string of the molecule is O=C(c1c2n(c3ccccc13)CCC2)N1CC(F)(F)C2(CCNC2)C1. The summed E-state index contributed by atoms with van der Waals surface area (Å²) < 4.78 is 31.6. The first kappa shape index (κ1) is 15.3. The second-order valence-electron chi connectivity index (χ2n) is 7.67. The number of alkyl halides is 2. The molecule has 1 unspecified atom stereocenters. The molecule has 4 heterocycles. The maximum Gasteiger partial charge on any atom is 0.273 e. The van der Waals surface area contributed by atoms with E-state index in [9.17, 15) is 13.6 Å². The van der Waals surface area contributed by atoms with Crippen molar-refractivity contribution in [2.75, 3.05) is 26.2 Å². The number of amides is 1. The molecule has 5 rings (SSSR count). The lowest BCUT2D eigenvalue weighted by Crippen LogP contribution is -2.41. The minimum absolute atomic E-state index is 0.144. The summed E-state index contributed by atoms with van der Waals surface area (Å²) in [6.07, 6.45) is 2.27. The molecule has 0 aliphatic carbocycles.